The van der Waals surface area contributed by atoms with Gasteiger partial charge in [-0.2, -0.15) is 0 Å². The summed E-state index contributed by atoms with van der Waals surface area (Å²) in [4.78, 5) is 15.7. The Kier molecular flexibility index (Phi) is 2.00. The van der Waals surface area contributed by atoms with Gasteiger partial charge in [-0.15, -0.1) is 0 Å². The number of fused-ring (bicyclic) bond motifs is 2. The SMILES string of the molecule is O=C1C(O)=Cc2nc3ccccc3cc2C1O. The summed E-state index contributed by atoms with van der Waals surface area (Å²) in [7, 11) is 0. The Morgan fingerprint density at radius 3 is 2.82 bits per heavy atom. The Bertz CT molecular complexity index is 661. The Labute approximate surface area is 96.8 Å². The van der Waals surface area contributed by atoms with Gasteiger partial charge in [0.05, 0.1) is 11.2 Å². The molecule has 4 nitrogen and oxygen atoms in total. The number of nitrogens with zero attached hydrogens (tertiary/aromatic N) is 1. The predicted molar refractivity (Wildman–Crippen MR) is 62.3 cm³/mol. The molecule has 0 fully saturated rings. The number of aliphatic hydroxyl groups excluding tert-OH is 2. The third-order valence-corrected chi connectivity index (χ3v) is 2.85. The summed E-state index contributed by atoms with van der Waals surface area (Å²) in [6.45, 7) is 0. The summed E-state index contributed by atoms with van der Waals surface area (Å²) in [5.41, 5.74) is 1.64. The van der Waals surface area contributed by atoms with Crippen LogP contribution in [0, 0.1) is 0 Å². The first-order valence-corrected chi connectivity index (χ1v) is 5.19. The summed E-state index contributed by atoms with van der Waals surface area (Å²) >= 11 is 0. The van der Waals surface area contributed by atoms with Gasteiger partial charge in [0.25, 0.3) is 0 Å². The average Bonchev–Trinajstić information content (AvgIpc) is 2.34. The first-order chi connectivity index (χ1) is 8.16. The number of benzene rings is 1. The van der Waals surface area contributed by atoms with Crippen molar-refractivity contribution in [1.82, 2.24) is 4.98 Å². The highest BCUT2D eigenvalue weighted by Gasteiger charge is 2.28. The minimum Gasteiger partial charge on any atom is -0.504 e. The van der Waals surface area contributed by atoms with Crippen molar-refractivity contribution in [2.24, 2.45) is 0 Å². The molecule has 0 saturated heterocycles. The number of carbonyl (C=O) groups is 1. The molecule has 1 atom stereocenters. The molecule has 3 rings (SSSR count). The van der Waals surface area contributed by atoms with Crippen LogP contribution in [0.3, 0.4) is 0 Å². The second kappa shape index (κ2) is 3.40. The van der Waals surface area contributed by atoms with Gasteiger partial charge in [0.15, 0.2) is 5.76 Å². The van der Waals surface area contributed by atoms with Crippen molar-refractivity contribution in [3.8, 4) is 0 Å². The maximum Gasteiger partial charge on any atom is 0.230 e. The van der Waals surface area contributed by atoms with Crippen molar-refractivity contribution in [2.75, 3.05) is 0 Å². The van der Waals surface area contributed by atoms with Gasteiger partial charge >= 0.3 is 0 Å². The van der Waals surface area contributed by atoms with Crippen LogP contribution in [-0.2, 0) is 4.79 Å². The molecular formula is C13H9NO3. The van der Waals surface area contributed by atoms with Crippen LogP contribution in [0.2, 0.25) is 0 Å². The molecule has 2 aromatic rings. The summed E-state index contributed by atoms with van der Waals surface area (Å²) in [5.74, 6) is -1.14. The van der Waals surface area contributed by atoms with Crippen LogP contribution >= 0.6 is 0 Å². The van der Waals surface area contributed by atoms with E-state index in [0.29, 0.717) is 11.3 Å². The minimum atomic E-state index is -1.33. The van der Waals surface area contributed by atoms with Gasteiger partial charge in [-0.3, -0.25) is 4.79 Å². The van der Waals surface area contributed by atoms with Gasteiger partial charge in [0.2, 0.25) is 5.78 Å². The molecule has 1 aromatic heterocycles. The molecule has 1 aromatic carbocycles. The molecule has 2 N–H and O–H groups in total. The Balaban J connectivity index is 2.33. The molecule has 1 aliphatic carbocycles. The fourth-order valence-corrected chi connectivity index (χ4v) is 1.96. The summed E-state index contributed by atoms with van der Waals surface area (Å²) in [6, 6.07) is 9.14. The first-order valence-electron chi connectivity index (χ1n) is 5.19. The molecular weight excluding hydrogens is 218 g/mol. The van der Waals surface area contributed by atoms with Gasteiger partial charge in [-0.1, -0.05) is 18.2 Å². The van der Waals surface area contributed by atoms with E-state index in [4.69, 9.17) is 0 Å². The number of para-hydroxylation sites is 1. The zero-order valence-electron chi connectivity index (χ0n) is 8.79. The maximum atomic E-state index is 11.4. The number of aromatic nitrogens is 1. The highest BCUT2D eigenvalue weighted by molar-refractivity contribution is 6.04. The average molecular weight is 227 g/mol. The Morgan fingerprint density at radius 2 is 2.00 bits per heavy atom. The van der Waals surface area contributed by atoms with E-state index in [2.05, 4.69) is 4.98 Å². The molecule has 1 aliphatic rings. The molecule has 84 valence electrons. The van der Waals surface area contributed by atoms with Crippen molar-refractivity contribution >= 4 is 22.8 Å². The molecule has 17 heavy (non-hydrogen) atoms. The summed E-state index contributed by atoms with van der Waals surface area (Å²) < 4.78 is 0. The van der Waals surface area contributed by atoms with Crippen LogP contribution < -0.4 is 0 Å². The van der Waals surface area contributed by atoms with Crippen LogP contribution in [-0.4, -0.2) is 21.0 Å². The molecule has 1 unspecified atom stereocenters. The lowest BCUT2D eigenvalue weighted by Gasteiger charge is -2.17. The molecule has 0 spiro atoms. The molecule has 0 radical (unpaired) electrons. The van der Waals surface area contributed by atoms with E-state index in [0.717, 1.165) is 10.9 Å². The lowest BCUT2D eigenvalue weighted by atomic mass is 9.95. The molecule has 0 bridgehead atoms. The van der Waals surface area contributed by atoms with Crippen LogP contribution in [0.4, 0.5) is 0 Å². The Morgan fingerprint density at radius 1 is 1.24 bits per heavy atom. The summed E-state index contributed by atoms with van der Waals surface area (Å²) in [5, 5.41) is 20.0. The fraction of sp³-hybridized carbons (Fsp3) is 0.0769. The second-order valence-corrected chi connectivity index (χ2v) is 3.95. The van der Waals surface area contributed by atoms with Crippen molar-refractivity contribution in [2.45, 2.75) is 6.10 Å². The lowest BCUT2D eigenvalue weighted by Crippen LogP contribution is -2.19. The van der Waals surface area contributed by atoms with Gasteiger partial charge in [-0.25, -0.2) is 4.98 Å². The number of pyridine rings is 1. The highest BCUT2D eigenvalue weighted by Crippen LogP contribution is 2.29. The van der Waals surface area contributed by atoms with Crippen molar-refractivity contribution < 1.29 is 15.0 Å². The molecule has 1 heterocycles. The van der Waals surface area contributed by atoms with E-state index in [-0.39, 0.29) is 0 Å². The van der Waals surface area contributed by atoms with Crippen LogP contribution in [0.15, 0.2) is 36.1 Å². The van der Waals surface area contributed by atoms with Crippen LogP contribution in [0.5, 0.6) is 0 Å². The normalized spacial score (nSPS) is 19.0. The number of rotatable bonds is 0. The number of Topliss-reactive ketones (excluding diaryl/α,β-unsaturated/α-hetero) is 1. The number of hydrogen-bond acceptors (Lipinski definition) is 4. The van der Waals surface area contributed by atoms with Crippen molar-refractivity contribution in [3.63, 3.8) is 0 Å². The monoisotopic (exact) mass is 227 g/mol. The standard InChI is InChI=1S/C13H9NO3/c15-11-6-10-8(12(16)13(11)17)5-7-3-1-2-4-9(7)14-10/h1-6,12,15-16H. The van der Waals surface area contributed by atoms with Gasteiger partial charge < -0.3 is 10.2 Å². The number of carbonyl (C=O) groups excluding carboxylic acids is 1. The topological polar surface area (TPSA) is 70.4 Å². The zero-order valence-corrected chi connectivity index (χ0v) is 8.79. The third-order valence-electron chi connectivity index (χ3n) is 2.85. The van der Waals surface area contributed by atoms with Gasteiger partial charge in [0, 0.05) is 17.0 Å². The molecule has 4 heteroatoms. The second-order valence-electron chi connectivity index (χ2n) is 3.95. The van der Waals surface area contributed by atoms with E-state index < -0.39 is 17.6 Å². The number of ketones is 1. The first kappa shape index (κ1) is 9.99. The largest absolute Gasteiger partial charge is 0.504 e. The van der Waals surface area contributed by atoms with E-state index >= 15 is 0 Å². The van der Waals surface area contributed by atoms with Gasteiger partial charge in [0.1, 0.15) is 6.10 Å². The van der Waals surface area contributed by atoms with Crippen LogP contribution in [0.25, 0.3) is 17.0 Å². The highest BCUT2D eigenvalue weighted by atomic mass is 16.3. The predicted octanol–water partition coefficient (Wildman–Crippen LogP) is 1.75. The minimum absolute atomic E-state index is 0.437. The molecule has 0 amide bonds. The fourth-order valence-electron chi connectivity index (χ4n) is 1.96. The molecule has 0 saturated carbocycles. The van der Waals surface area contributed by atoms with E-state index in [1.54, 1.807) is 6.07 Å². The summed E-state index contributed by atoms with van der Waals surface area (Å²) in [6.07, 6.45) is -0.0382. The van der Waals surface area contributed by atoms with E-state index in [9.17, 15) is 15.0 Å². The van der Waals surface area contributed by atoms with Crippen molar-refractivity contribution in [1.29, 1.82) is 0 Å². The number of aliphatic hydroxyl groups is 2. The lowest BCUT2D eigenvalue weighted by molar-refractivity contribution is -0.126. The number of hydrogen-bond donors (Lipinski definition) is 2. The van der Waals surface area contributed by atoms with Crippen LogP contribution in [0.1, 0.15) is 17.4 Å². The quantitative estimate of drug-likeness (QED) is 0.719. The zero-order chi connectivity index (χ0) is 12.0. The van der Waals surface area contributed by atoms with E-state index in [1.807, 2.05) is 24.3 Å². The molecule has 0 aliphatic heterocycles. The van der Waals surface area contributed by atoms with Gasteiger partial charge in [-0.05, 0) is 12.1 Å². The van der Waals surface area contributed by atoms with E-state index in [1.165, 1.54) is 6.08 Å². The smallest absolute Gasteiger partial charge is 0.230 e. The maximum absolute atomic E-state index is 11.4. The third kappa shape index (κ3) is 1.42. The Hall–Kier alpha value is -2.20. The van der Waals surface area contributed by atoms with Crippen molar-refractivity contribution in [3.05, 3.63) is 47.3 Å².